The highest BCUT2D eigenvalue weighted by Crippen LogP contribution is 2.21. The zero-order valence-corrected chi connectivity index (χ0v) is 13.0. The molecule has 6 nitrogen and oxygen atoms in total. The molecule has 0 radical (unpaired) electrons. The topological polar surface area (TPSA) is 86.7 Å². The van der Waals surface area contributed by atoms with Gasteiger partial charge in [-0.25, -0.2) is 13.2 Å². The predicted molar refractivity (Wildman–Crippen MR) is 72.8 cm³/mol. The second-order valence-electron chi connectivity index (χ2n) is 5.65. The van der Waals surface area contributed by atoms with Crippen molar-refractivity contribution in [2.24, 2.45) is 5.41 Å². The average molecular weight is 306 g/mol. The lowest BCUT2D eigenvalue weighted by atomic mass is 9.91. The van der Waals surface area contributed by atoms with Crippen LogP contribution in [0.2, 0.25) is 0 Å². The molecule has 0 aromatic heterocycles. The fraction of sp³-hybridized carbons (Fsp3) is 0.846. The van der Waals surface area contributed by atoms with Crippen molar-refractivity contribution in [3.63, 3.8) is 0 Å². The number of carbonyl (C=O) groups is 2. The lowest BCUT2D eigenvalue weighted by Gasteiger charge is -2.23. The highest BCUT2D eigenvalue weighted by Gasteiger charge is 2.29. The van der Waals surface area contributed by atoms with Crippen molar-refractivity contribution in [1.82, 2.24) is 0 Å². The average Bonchev–Trinajstić information content (AvgIpc) is 2.38. The number of hydrogen-bond donors (Lipinski definition) is 0. The molecule has 0 atom stereocenters. The summed E-state index contributed by atoms with van der Waals surface area (Å²) in [6, 6.07) is 0. The molecule has 0 aromatic rings. The molecule has 1 aliphatic heterocycles. The van der Waals surface area contributed by atoms with Crippen LogP contribution in [0.5, 0.6) is 0 Å². The first-order chi connectivity index (χ1) is 9.16. The van der Waals surface area contributed by atoms with Crippen LogP contribution in [0.15, 0.2) is 0 Å². The minimum absolute atomic E-state index is 0.0353. The van der Waals surface area contributed by atoms with Gasteiger partial charge in [0.25, 0.3) is 0 Å². The van der Waals surface area contributed by atoms with Crippen molar-refractivity contribution in [2.45, 2.75) is 46.1 Å². The van der Waals surface area contributed by atoms with Crippen LogP contribution < -0.4 is 0 Å². The third-order valence-corrected chi connectivity index (χ3v) is 5.27. The molecule has 0 spiro atoms. The van der Waals surface area contributed by atoms with Crippen LogP contribution >= 0.6 is 0 Å². The third kappa shape index (κ3) is 5.11. The van der Waals surface area contributed by atoms with Crippen molar-refractivity contribution in [1.29, 1.82) is 0 Å². The van der Waals surface area contributed by atoms with E-state index in [1.165, 1.54) is 0 Å². The van der Waals surface area contributed by atoms with Gasteiger partial charge in [-0.15, -0.1) is 0 Å². The number of hydrogen-bond acceptors (Lipinski definition) is 6. The van der Waals surface area contributed by atoms with Crippen molar-refractivity contribution < 1.29 is 27.5 Å². The van der Waals surface area contributed by atoms with Crippen molar-refractivity contribution in [3.8, 4) is 0 Å². The normalized spacial score (nSPS) is 19.4. The van der Waals surface area contributed by atoms with E-state index in [0.29, 0.717) is 19.3 Å². The Kier molecular flexibility index (Phi) is 5.56. The summed E-state index contributed by atoms with van der Waals surface area (Å²) in [5.41, 5.74) is -0.626. The Morgan fingerprint density at radius 3 is 2.25 bits per heavy atom. The van der Waals surface area contributed by atoms with Gasteiger partial charge < -0.3 is 9.47 Å². The molecule has 1 rings (SSSR count). The Morgan fingerprint density at radius 2 is 1.75 bits per heavy atom. The molecule has 1 heterocycles. The molecule has 0 N–H and O–H groups in total. The zero-order valence-electron chi connectivity index (χ0n) is 12.2. The number of ether oxygens (including phenoxy) is 2. The summed E-state index contributed by atoms with van der Waals surface area (Å²) in [5, 5.41) is 0. The Morgan fingerprint density at radius 1 is 1.20 bits per heavy atom. The summed E-state index contributed by atoms with van der Waals surface area (Å²) >= 11 is 0. The molecular formula is C13H22O6S. The van der Waals surface area contributed by atoms with Gasteiger partial charge in [-0.1, -0.05) is 6.92 Å². The van der Waals surface area contributed by atoms with E-state index >= 15 is 0 Å². The maximum atomic E-state index is 11.7. The third-order valence-electron chi connectivity index (χ3n) is 3.56. The molecule has 1 saturated heterocycles. The summed E-state index contributed by atoms with van der Waals surface area (Å²) < 4.78 is 32.5. The van der Waals surface area contributed by atoms with Crippen LogP contribution in [0.25, 0.3) is 0 Å². The lowest BCUT2D eigenvalue weighted by Crippen LogP contribution is -2.33. The van der Waals surface area contributed by atoms with Gasteiger partial charge in [0.2, 0.25) is 0 Å². The van der Waals surface area contributed by atoms with E-state index in [1.54, 1.807) is 13.8 Å². The number of carbonyl (C=O) groups excluding carboxylic acids is 2. The summed E-state index contributed by atoms with van der Waals surface area (Å²) in [5.74, 6) is -1.00. The van der Waals surface area contributed by atoms with Crippen LogP contribution in [-0.4, -0.2) is 44.6 Å². The molecular weight excluding hydrogens is 284 g/mol. The largest absolute Gasteiger partial charge is 0.460 e. The van der Waals surface area contributed by atoms with Gasteiger partial charge in [-0.3, -0.25) is 4.79 Å². The Labute approximate surface area is 119 Å². The van der Waals surface area contributed by atoms with Gasteiger partial charge in [0.1, 0.15) is 6.10 Å². The summed E-state index contributed by atoms with van der Waals surface area (Å²) in [4.78, 5) is 23.2. The van der Waals surface area contributed by atoms with Crippen molar-refractivity contribution in [2.75, 3.05) is 18.1 Å². The van der Waals surface area contributed by atoms with E-state index in [2.05, 4.69) is 0 Å². The Bertz CT molecular complexity index is 451. The van der Waals surface area contributed by atoms with E-state index in [4.69, 9.17) is 9.47 Å². The van der Waals surface area contributed by atoms with Crippen molar-refractivity contribution >= 4 is 21.8 Å². The fourth-order valence-electron chi connectivity index (χ4n) is 1.67. The first-order valence-electron chi connectivity index (χ1n) is 6.73. The summed E-state index contributed by atoms with van der Waals surface area (Å²) in [7, 11) is -2.98. The van der Waals surface area contributed by atoms with Gasteiger partial charge in [-0.05, 0) is 33.1 Å². The quantitative estimate of drug-likeness (QED) is 0.707. The molecule has 0 amide bonds. The number of esters is 2. The van der Waals surface area contributed by atoms with Crippen LogP contribution in [0.3, 0.4) is 0 Å². The lowest BCUT2D eigenvalue weighted by molar-refractivity contribution is -0.167. The number of rotatable bonds is 5. The van der Waals surface area contributed by atoms with Crippen LogP contribution in [0, 0.1) is 5.41 Å². The van der Waals surface area contributed by atoms with Crippen LogP contribution in [0.1, 0.15) is 40.0 Å². The van der Waals surface area contributed by atoms with Crippen LogP contribution in [0.4, 0.5) is 0 Å². The van der Waals surface area contributed by atoms with Crippen LogP contribution in [-0.2, 0) is 28.9 Å². The molecule has 0 aromatic carbocycles. The van der Waals surface area contributed by atoms with Gasteiger partial charge >= 0.3 is 11.9 Å². The Hall–Kier alpha value is -1.11. The molecule has 20 heavy (non-hydrogen) atoms. The SMILES string of the molecule is CCC(C)(C)C(=O)OCC(=O)OC1CCS(=O)(=O)CC1. The minimum Gasteiger partial charge on any atom is -0.460 e. The van der Waals surface area contributed by atoms with Gasteiger partial charge in [0.15, 0.2) is 16.4 Å². The second kappa shape index (κ2) is 6.56. The highest BCUT2D eigenvalue weighted by molar-refractivity contribution is 7.91. The first-order valence-corrected chi connectivity index (χ1v) is 8.55. The van der Waals surface area contributed by atoms with E-state index in [9.17, 15) is 18.0 Å². The molecule has 1 aliphatic rings. The van der Waals surface area contributed by atoms with E-state index < -0.39 is 39.9 Å². The summed E-state index contributed by atoms with van der Waals surface area (Å²) in [6.07, 6.45) is 0.829. The smallest absolute Gasteiger partial charge is 0.344 e. The molecule has 116 valence electrons. The molecule has 7 heteroatoms. The molecule has 0 unspecified atom stereocenters. The number of sulfone groups is 1. The maximum Gasteiger partial charge on any atom is 0.344 e. The first kappa shape index (κ1) is 16.9. The fourth-order valence-corrected chi connectivity index (χ4v) is 3.12. The van der Waals surface area contributed by atoms with E-state index in [0.717, 1.165) is 0 Å². The van der Waals surface area contributed by atoms with E-state index in [-0.39, 0.29) is 11.5 Å². The standard InChI is InChI=1S/C13H22O6S/c1-4-13(2,3)12(15)18-9-11(14)19-10-5-7-20(16,17)8-6-10/h10H,4-9H2,1-3H3. The molecule has 0 bridgehead atoms. The zero-order chi connectivity index (χ0) is 15.4. The molecule has 0 aliphatic carbocycles. The Balaban J connectivity index is 2.33. The molecule has 1 fully saturated rings. The van der Waals surface area contributed by atoms with Gasteiger partial charge in [-0.2, -0.15) is 0 Å². The summed E-state index contributed by atoms with van der Waals surface area (Å²) in [6.45, 7) is 4.92. The monoisotopic (exact) mass is 306 g/mol. The second-order valence-corrected chi connectivity index (χ2v) is 7.96. The van der Waals surface area contributed by atoms with Crippen molar-refractivity contribution in [3.05, 3.63) is 0 Å². The highest BCUT2D eigenvalue weighted by atomic mass is 32.2. The van der Waals surface area contributed by atoms with Gasteiger partial charge in [0.05, 0.1) is 16.9 Å². The van der Waals surface area contributed by atoms with Gasteiger partial charge in [0, 0.05) is 0 Å². The molecule has 0 saturated carbocycles. The minimum atomic E-state index is -2.98. The van der Waals surface area contributed by atoms with E-state index in [1.807, 2.05) is 6.92 Å². The predicted octanol–water partition coefficient (Wildman–Crippen LogP) is 1.09. The maximum absolute atomic E-state index is 11.7.